The van der Waals surface area contributed by atoms with Gasteiger partial charge in [0.15, 0.2) is 0 Å². The van der Waals surface area contributed by atoms with E-state index in [-0.39, 0.29) is 18.1 Å². The van der Waals surface area contributed by atoms with Gasteiger partial charge in [0.25, 0.3) is 10.2 Å². The lowest BCUT2D eigenvalue weighted by Gasteiger charge is -2.01. The molecule has 0 heterocycles. The van der Waals surface area contributed by atoms with Crippen molar-refractivity contribution in [2.45, 2.75) is 0 Å². The molecule has 0 saturated carbocycles. The molecule has 0 fully saturated rings. The molecule has 6 nitrogen and oxygen atoms in total. The summed E-state index contributed by atoms with van der Waals surface area (Å²) in [6.07, 6.45) is 0. The molecule has 0 rings (SSSR count). The van der Waals surface area contributed by atoms with Crippen LogP contribution in [0.2, 0.25) is 0 Å². The predicted molar refractivity (Wildman–Crippen MR) is 26.0 cm³/mol. The zero-order valence-corrected chi connectivity index (χ0v) is 5.10. The third kappa shape index (κ3) is 2.70. The summed E-state index contributed by atoms with van der Waals surface area (Å²) in [7, 11) is 1.45. The Labute approximate surface area is 52.1 Å². The Bertz CT molecular complexity index is 104. The summed E-state index contributed by atoms with van der Waals surface area (Å²) in [4.78, 5) is 0.232. The molecule has 0 aliphatic rings. The molecule has 0 aromatic rings. The lowest BCUT2D eigenvalue weighted by molar-refractivity contribution is -0.938. The van der Waals surface area contributed by atoms with Gasteiger partial charge in [-0.2, -0.15) is 0 Å². The van der Waals surface area contributed by atoms with Gasteiger partial charge in [0.1, 0.15) is 6.54 Å². The molecule has 0 saturated heterocycles. The maximum atomic E-state index is 8.49. The van der Waals surface area contributed by atoms with Crippen LogP contribution in [0.3, 0.4) is 0 Å². The highest BCUT2D eigenvalue weighted by Gasteiger charge is 2.09. The first-order valence-electron chi connectivity index (χ1n) is 2.38. The number of rotatable bonds is 3. The lowest BCUT2D eigenvalue weighted by Crippen LogP contribution is -2.30. The Morgan fingerprint density at radius 1 is 1.67 bits per heavy atom. The molecule has 0 aromatic carbocycles. The van der Waals surface area contributed by atoms with Crippen LogP contribution in [0.4, 0.5) is 0 Å². The van der Waals surface area contributed by atoms with E-state index < -0.39 is 0 Å². The molecule has 3 N–H and O–H groups in total. The Hall–Kier alpha value is -1.04. The van der Waals surface area contributed by atoms with E-state index >= 15 is 0 Å². The highest BCUT2D eigenvalue weighted by molar-refractivity contribution is 4.26. The summed E-state index contributed by atoms with van der Waals surface area (Å²) in [5, 5.41) is 28.2. The van der Waals surface area contributed by atoms with Crippen LogP contribution in [0.1, 0.15) is 0 Å². The van der Waals surface area contributed by atoms with Crippen LogP contribution >= 0.6 is 0 Å². The summed E-state index contributed by atoms with van der Waals surface area (Å²) in [5.41, 5.74) is 0. The second-order valence-electron chi connectivity index (χ2n) is 1.46. The molecule has 9 heavy (non-hydrogen) atoms. The quantitative estimate of drug-likeness (QED) is 0.266. The van der Waals surface area contributed by atoms with E-state index in [4.69, 9.17) is 15.5 Å². The zero-order valence-electron chi connectivity index (χ0n) is 5.10. The van der Waals surface area contributed by atoms with E-state index in [1.54, 1.807) is 0 Å². The predicted octanol–water partition coefficient (Wildman–Crippen LogP) is -0.931. The standard InChI is InChI=1S/C3H9N3O3/c1-5(2-3-7)6(9)4-8/h7,9H,2-3H2,1H3/p+1. The fourth-order valence-corrected chi connectivity index (χ4v) is 0.302. The molecule has 0 unspecified atom stereocenters. The molecular formula is C3H10N3O3+. The van der Waals surface area contributed by atoms with Crippen LogP contribution in [0.5, 0.6) is 0 Å². The van der Waals surface area contributed by atoms with Crippen LogP contribution in [0.25, 0.3) is 0 Å². The zero-order chi connectivity index (χ0) is 7.28. The van der Waals surface area contributed by atoms with Crippen molar-refractivity contribution >= 4 is 0 Å². The van der Waals surface area contributed by atoms with E-state index in [2.05, 4.69) is 5.28 Å². The minimum atomic E-state index is -0.108. The van der Waals surface area contributed by atoms with Crippen molar-refractivity contribution in [3.05, 3.63) is 0 Å². The Balaban J connectivity index is 3.59. The normalized spacial score (nSPS) is 11.6. The first-order chi connectivity index (χ1) is 4.22. The van der Waals surface area contributed by atoms with Gasteiger partial charge >= 0.3 is 0 Å². The van der Waals surface area contributed by atoms with Crippen LogP contribution in [0.15, 0.2) is 5.28 Å². The van der Waals surface area contributed by atoms with Gasteiger partial charge < -0.3 is 10.3 Å². The Kier molecular flexibility index (Phi) is 3.45. The molecule has 6 heteroatoms. The van der Waals surface area contributed by atoms with Crippen molar-refractivity contribution in [3.8, 4) is 0 Å². The maximum absolute atomic E-state index is 8.49. The lowest BCUT2D eigenvalue weighted by atomic mass is 10.7. The molecule has 0 aromatic heterocycles. The minimum Gasteiger partial charge on any atom is -0.394 e. The van der Waals surface area contributed by atoms with Crippen molar-refractivity contribution < 1.29 is 20.5 Å². The third-order valence-electron chi connectivity index (χ3n) is 0.809. The molecule has 0 amide bonds. The van der Waals surface area contributed by atoms with Gasteiger partial charge in [0, 0.05) is 0 Å². The minimum absolute atomic E-state index is 0.108. The molecular weight excluding hydrogens is 126 g/mol. The van der Waals surface area contributed by atoms with E-state index in [1.807, 2.05) is 0 Å². The number of aliphatic hydroxyl groups is 1. The number of hydrogen-bond donors (Lipinski definition) is 3. The molecule has 0 radical (unpaired) electrons. The fraction of sp³-hybridized carbons (Fsp3) is 1.00. The van der Waals surface area contributed by atoms with E-state index in [1.165, 1.54) is 7.05 Å². The summed E-state index contributed by atoms with van der Waals surface area (Å²) in [6, 6.07) is 0. The second kappa shape index (κ2) is 3.90. The average Bonchev–Trinajstić information content (AvgIpc) is 1.87. The number of aliphatic hydroxyl groups excluding tert-OH is 1. The third-order valence-corrected chi connectivity index (χ3v) is 0.809. The van der Waals surface area contributed by atoms with Crippen LogP contribution < -0.4 is 0 Å². The highest BCUT2D eigenvalue weighted by atomic mass is 16.6. The van der Waals surface area contributed by atoms with E-state index in [0.717, 1.165) is 5.01 Å². The first kappa shape index (κ1) is 7.96. The molecule has 0 aliphatic carbocycles. The Morgan fingerprint density at radius 2 is 2.22 bits per heavy atom. The number of likely N-dealkylation sites (N-methyl/N-ethyl adjacent to an activating group) is 1. The highest BCUT2D eigenvalue weighted by Crippen LogP contribution is 1.79. The van der Waals surface area contributed by atoms with E-state index in [0.29, 0.717) is 0 Å². The van der Waals surface area contributed by atoms with E-state index in [9.17, 15) is 0 Å². The fourth-order valence-electron chi connectivity index (χ4n) is 0.302. The number of nitrogens with zero attached hydrogens (tertiary/aromatic N) is 3. The van der Waals surface area contributed by atoms with Crippen molar-refractivity contribution in [1.82, 2.24) is 5.01 Å². The summed E-state index contributed by atoms with van der Waals surface area (Å²) >= 11 is 0. The molecule has 0 bridgehead atoms. The van der Waals surface area contributed by atoms with Gasteiger partial charge in [-0.3, -0.25) is 0 Å². The Morgan fingerprint density at radius 3 is 2.56 bits per heavy atom. The summed E-state index contributed by atoms with van der Waals surface area (Å²) in [6.45, 7) is 0.101. The molecule has 54 valence electrons. The van der Waals surface area contributed by atoms with Gasteiger partial charge in [-0.25, -0.2) is 5.21 Å². The van der Waals surface area contributed by atoms with Crippen molar-refractivity contribution in [2.24, 2.45) is 5.28 Å². The van der Waals surface area contributed by atoms with Gasteiger partial charge in [-0.05, 0) is 0 Å². The van der Waals surface area contributed by atoms with Crippen molar-refractivity contribution in [3.63, 3.8) is 0 Å². The number of hydrogen-bond acceptors (Lipinski definition) is 2. The second-order valence-corrected chi connectivity index (χ2v) is 1.46. The van der Waals surface area contributed by atoms with Gasteiger partial charge in [0.2, 0.25) is 0 Å². The SMILES string of the molecule is CN(CCO)/[N+](O)=N/O. The molecule has 0 spiro atoms. The summed E-state index contributed by atoms with van der Waals surface area (Å²) < 4.78 is 0. The number of hydrazine groups is 1. The van der Waals surface area contributed by atoms with Crippen LogP contribution in [-0.2, 0) is 0 Å². The van der Waals surface area contributed by atoms with Crippen LogP contribution in [-0.4, -0.2) is 45.7 Å². The van der Waals surface area contributed by atoms with Gasteiger partial charge in [-0.1, -0.05) is 0 Å². The monoisotopic (exact) mass is 136 g/mol. The van der Waals surface area contributed by atoms with Crippen LogP contribution in [0, 0.1) is 0 Å². The molecule has 0 atom stereocenters. The molecule has 0 aliphatic heterocycles. The van der Waals surface area contributed by atoms with Gasteiger partial charge in [0.05, 0.1) is 13.7 Å². The van der Waals surface area contributed by atoms with Crippen molar-refractivity contribution in [1.29, 1.82) is 0 Å². The largest absolute Gasteiger partial charge is 0.394 e. The van der Waals surface area contributed by atoms with Gasteiger partial charge in [-0.15, -0.1) is 5.01 Å². The average molecular weight is 136 g/mol. The van der Waals surface area contributed by atoms with Crippen molar-refractivity contribution in [2.75, 3.05) is 20.2 Å². The topological polar surface area (TPSA) is 79.3 Å². The maximum Gasteiger partial charge on any atom is 0.271 e. The summed E-state index contributed by atoms with van der Waals surface area (Å²) in [5.74, 6) is 0. The smallest absolute Gasteiger partial charge is 0.271 e. The first-order valence-corrected chi connectivity index (χ1v) is 2.38.